The Morgan fingerprint density at radius 1 is 1.20 bits per heavy atom. The van der Waals surface area contributed by atoms with E-state index in [4.69, 9.17) is 10.5 Å². The summed E-state index contributed by atoms with van der Waals surface area (Å²) < 4.78 is 9.36. The molecule has 7 nitrogen and oxygen atoms in total. The van der Waals surface area contributed by atoms with Crippen LogP contribution in [-0.4, -0.2) is 35.2 Å². The molecule has 0 aliphatic rings. The molecule has 0 atom stereocenters. The lowest BCUT2D eigenvalue weighted by molar-refractivity contribution is 0.0413. The standard InChI is InChI=1S/C12H11N3O4S/c13-12(17)19-6-5-18-11(16)9-7-15-10(20-9)8-1-3-14-4-2-8/h1-4,7H,5-6H2,(H2,13,17). The fourth-order valence-electron chi connectivity index (χ4n) is 1.34. The van der Waals surface area contributed by atoms with E-state index in [0.29, 0.717) is 9.88 Å². The smallest absolute Gasteiger partial charge is 0.404 e. The predicted octanol–water partition coefficient (Wildman–Crippen LogP) is 1.46. The normalized spacial score (nSPS) is 10.0. The third-order valence-electron chi connectivity index (χ3n) is 2.19. The van der Waals surface area contributed by atoms with Crippen LogP contribution in [0.3, 0.4) is 0 Å². The maximum Gasteiger partial charge on any atom is 0.404 e. The number of aromatic nitrogens is 2. The molecule has 2 rings (SSSR count). The SMILES string of the molecule is NC(=O)OCCOC(=O)c1cnc(-c2ccncc2)s1. The van der Waals surface area contributed by atoms with Gasteiger partial charge in [0.1, 0.15) is 23.1 Å². The van der Waals surface area contributed by atoms with E-state index in [0.717, 1.165) is 5.56 Å². The zero-order valence-electron chi connectivity index (χ0n) is 10.3. The molecule has 0 unspecified atom stereocenters. The lowest BCUT2D eigenvalue weighted by atomic mass is 10.3. The minimum absolute atomic E-state index is 0.0513. The highest BCUT2D eigenvalue weighted by Crippen LogP contribution is 2.24. The molecule has 104 valence electrons. The van der Waals surface area contributed by atoms with Crippen molar-refractivity contribution in [2.75, 3.05) is 13.2 Å². The van der Waals surface area contributed by atoms with Crippen LogP contribution < -0.4 is 5.73 Å². The van der Waals surface area contributed by atoms with Gasteiger partial charge < -0.3 is 15.2 Å². The highest BCUT2D eigenvalue weighted by atomic mass is 32.1. The summed E-state index contributed by atoms with van der Waals surface area (Å²) >= 11 is 1.21. The molecule has 0 radical (unpaired) electrons. The molecule has 0 bridgehead atoms. The monoisotopic (exact) mass is 293 g/mol. The van der Waals surface area contributed by atoms with Crippen molar-refractivity contribution in [1.29, 1.82) is 0 Å². The van der Waals surface area contributed by atoms with E-state index in [1.807, 2.05) is 0 Å². The number of amides is 1. The highest BCUT2D eigenvalue weighted by Gasteiger charge is 2.13. The summed E-state index contributed by atoms with van der Waals surface area (Å²) in [4.78, 5) is 30.4. The van der Waals surface area contributed by atoms with Gasteiger partial charge in [0.25, 0.3) is 0 Å². The lowest BCUT2D eigenvalue weighted by Gasteiger charge is -2.02. The Hall–Kier alpha value is -2.48. The van der Waals surface area contributed by atoms with Crippen molar-refractivity contribution < 1.29 is 19.1 Å². The average molecular weight is 293 g/mol. The number of pyridine rings is 1. The zero-order chi connectivity index (χ0) is 14.4. The number of esters is 1. The molecule has 0 saturated heterocycles. The van der Waals surface area contributed by atoms with Crippen molar-refractivity contribution in [2.24, 2.45) is 5.73 Å². The summed E-state index contributed by atoms with van der Waals surface area (Å²) in [5.74, 6) is -0.518. The number of ether oxygens (including phenoxy) is 2. The van der Waals surface area contributed by atoms with E-state index >= 15 is 0 Å². The second-order valence-corrected chi connectivity index (χ2v) is 4.60. The van der Waals surface area contributed by atoms with Gasteiger partial charge in [-0.1, -0.05) is 0 Å². The summed E-state index contributed by atoms with van der Waals surface area (Å²) in [5.41, 5.74) is 5.65. The van der Waals surface area contributed by atoms with Crippen LogP contribution in [-0.2, 0) is 9.47 Å². The van der Waals surface area contributed by atoms with Gasteiger partial charge in [-0.2, -0.15) is 0 Å². The van der Waals surface area contributed by atoms with E-state index in [1.165, 1.54) is 17.5 Å². The van der Waals surface area contributed by atoms with Crippen LogP contribution in [0, 0.1) is 0 Å². The summed E-state index contributed by atoms with van der Waals surface area (Å²) in [6.07, 6.45) is 3.84. The van der Waals surface area contributed by atoms with E-state index in [9.17, 15) is 9.59 Å². The first-order valence-electron chi connectivity index (χ1n) is 5.62. The Morgan fingerprint density at radius 3 is 2.60 bits per heavy atom. The average Bonchev–Trinajstić information content (AvgIpc) is 2.94. The Bertz CT molecular complexity index is 600. The fraction of sp³-hybridized carbons (Fsp3) is 0.167. The minimum Gasteiger partial charge on any atom is -0.458 e. The zero-order valence-corrected chi connectivity index (χ0v) is 11.1. The number of primary amides is 1. The van der Waals surface area contributed by atoms with E-state index in [1.54, 1.807) is 24.5 Å². The van der Waals surface area contributed by atoms with Crippen molar-refractivity contribution in [3.8, 4) is 10.6 Å². The molecular formula is C12H11N3O4S. The molecule has 8 heteroatoms. The Kier molecular flexibility index (Phi) is 4.61. The Balaban J connectivity index is 1.92. The van der Waals surface area contributed by atoms with Crippen molar-refractivity contribution in [2.45, 2.75) is 0 Å². The molecule has 0 saturated carbocycles. The first-order valence-corrected chi connectivity index (χ1v) is 6.44. The number of carbonyl (C=O) groups excluding carboxylic acids is 2. The maximum absolute atomic E-state index is 11.7. The van der Waals surface area contributed by atoms with Gasteiger partial charge in [-0.3, -0.25) is 4.98 Å². The highest BCUT2D eigenvalue weighted by molar-refractivity contribution is 7.16. The molecule has 2 heterocycles. The van der Waals surface area contributed by atoms with Crippen molar-refractivity contribution in [1.82, 2.24) is 9.97 Å². The number of hydrogen-bond donors (Lipinski definition) is 1. The molecule has 0 fully saturated rings. The van der Waals surface area contributed by atoms with Crippen LogP contribution in [0.2, 0.25) is 0 Å². The second-order valence-electron chi connectivity index (χ2n) is 3.57. The molecule has 20 heavy (non-hydrogen) atoms. The van der Waals surface area contributed by atoms with Gasteiger partial charge in [0.15, 0.2) is 0 Å². The number of nitrogens with two attached hydrogens (primary N) is 1. The lowest BCUT2D eigenvalue weighted by Crippen LogP contribution is -2.17. The Labute approximate surface area is 118 Å². The predicted molar refractivity (Wildman–Crippen MR) is 71.2 cm³/mol. The van der Waals surface area contributed by atoms with Crippen molar-refractivity contribution in [3.63, 3.8) is 0 Å². The summed E-state index contributed by atoms with van der Waals surface area (Å²) in [7, 11) is 0. The number of thiazole rings is 1. The molecule has 0 aromatic carbocycles. The first-order chi connectivity index (χ1) is 9.66. The second kappa shape index (κ2) is 6.62. The van der Waals surface area contributed by atoms with Crippen molar-refractivity contribution in [3.05, 3.63) is 35.6 Å². The van der Waals surface area contributed by atoms with Crippen LogP contribution >= 0.6 is 11.3 Å². The van der Waals surface area contributed by atoms with E-state index < -0.39 is 12.1 Å². The number of hydrogen-bond acceptors (Lipinski definition) is 7. The summed E-state index contributed by atoms with van der Waals surface area (Å²) in [6, 6.07) is 3.60. The van der Waals surface area contributed by atoms with Crippen LogP contribution in [0.4, 0.5) is 4.79 Å². The molecule has 2 N–H and O–H groups in total. The number of carbonyl (C=O) groups is 2. The molecule has 2 aromatic heterocycles. The van der Waals surface area contributed by atoms with Crippen LogP contribution in [0.25, 0.3) is 10.6 Å². The first kappa shape index (κ1) is 13.9. The number of rotatable bonds is 5. The molecule has 0 spiro atoms. The molecule has 2 aromatic rings. The van der Waals surface area contributed by atoms with E-state index in [2.05, 4.69) is 14.7 Å². The molecule has 0 aliphatic carbocycles. The maximum atomic E-state index is 11.7. The van der Waals surface area contributed by atoms with Crippen LogP contribution in [0.1, 0.15) is 9.67 Å². The third-order valence-corrected chi connectivity index (χ3v) is 3.22. The van der Waals surface area contributed by atoms with Gasteiger partial charge in [0.2, 0.25) is 0 Å². The van der Waals surface area contributed by atoms with Crippen LogP contribution in [0.5, 0.6) is 0 Å². The fourth-order valence-corrected chi connectivity index (χ4v) is 2.16. The van der Waals surface area contributed by atoms with Crippen LogP contribution in [0.15, 0.2) is 30.7 Å². The van der Waals surface area contributed by atoms with Gasteiger partial charge >= 0.3 is 12.1 Å². The van der Waals surface area contributed by atoms with Crippen molar-refractivity contribution >= 4 is 23.4 Å². The largest absolute Gasteiger partial charge is 0.458 e. The van der Waals surface area contributed by atoms with E-state index in [-0.39, 0.29) is 13.2 Å². The third kappa shape index (κ3) is 3.75. The van der Waals surface area contributed by atoms with Gasteiger partial charge in [-0.15, -0.1) is 11.3 Å². The molecule has 1 amide bonds. The van der Waals surface area contributed by atoms with Gasteiger partial charge in [-0.05, 0) is 12.1 Å². The van der Waals surface area contributed by atoms with Gasteiger partial charge in [0, 0.05) is 18.0 Å². The number of nitrogens with zero attached hydrogens (tertiary/aromatic N) is 2. The minimum atomic E-state index is -0.904. The molecular weight excluding hydrogens is 282 g/mol. The van der Waals surface area contributed by atoms with Gasteiger partial charge in [-0.25, -0.2) is 14.6 Å². The molecule has 0 aliphatic heterocycles. The Morgan fingerprint density at radius 2 is 1.90 bits per heavy atom. The topological polar surface area (TPSA) is 104 Å². The summed E-state index contributed by atoms with van der Waals surface area (Å²) in [5, 5.41) is 0.702. The van der Waals surface area contributed by atoms with Gasteiger partial charge in [0.05, 0.1) is 6.20 Å². The quantitative estimate of drug-likeness (QED) is 0.661. The summed E-state index contributed by atoms with van der Waals surface area (Å²) in [6.45, 7) is -0.124.